The van der Waals surface area contributed by atoms with Crippen molar-refractivity contribution in [3.8, 4) is 0 Å². The molecule has 0 aromatic heterocycles. The molecule has 3 aromatic carbocycles. The molecule has 1 aliphatic heterocycles. The summed E-state index contributed by atoms with van der Waals surface area (Å²) in [5, 5.41) is 6.09. The van der Waals surface area contributed by atoms with Crippen LogP contribution in [-0.2, 0) is 4.79 Å². The maximum atomic E-state index is 13.4. The number of halogens is 1. The monoisotopic (exact) mass is 431 g/mol. The van der Waals surface area contributed by atoms with Gasteiger partial charge in [-0.25, -0.2) is 0 Å². The summed E-state index contributed by atoms with van der Waals surface area (Å²) in [6, 6.07) is 21.1. The number of carbonyl (C=O) groups excluding carboxylic acids is 1. The second-order valence-electron chi connectivity index (χ2n) is 8.68. The fourth-order valence-electron chi connectivity index (χ4n) is 4.76. The van der Waals surface area contributed by atoms with Gasteiger partial charge in [0.25, 0.3) is 0 Å². The summed E-state index contributed by atoms with van der Waals surface area (Å²) in [5.41, 5.74) is 5.48. The first kappa shape index (κ1) is 17.7. The molecule has 5 rings (SSSR count). The Balaban J connectivity index is 1.79. The van der Waals surface area contributed by atoms with Crippen molar-refractivity contribution in [2.24, 2.45) is 5.41 Å². The Morgan fingerprint density at radius 2 is 1.71 bits per heavy atom. The summed E-state index contributed by atoms with van der Waals surface area (Å²) in [7, 11) is 0. The van der Waals surface area contributed by atoms with E-state index < -0.39 is 0 Å². The van der Waals surface area contributed by atoms with Gasteiger partial charge < -0.3 is 5.32 Å². The molecule has 0 amide bonds. The van der Waals surface area contributed by atoms with Gasteiger partial charge in [0, 0.05) is 27.7 Å². The van der Waals surface area contributed by atoms with Crippen LogP contribution in [0.4, 0.5) is 5.69 Å². The molecule has 0 fully saturated rings. The van der Waals surface area contributed by atoms with E-state index in [1.807, 2.05) is 0 Å². The summed E-state index contributed by atoms with van der Waals surface area (Å²) in [4.78, 5) is 13.4. The molecule has 0 bridgehead atoms. The highest BCUT2D eigenvalue weighted by Crippen LogP contribution is 2.51. The van der Waals surface area contributed by atoms with Crippen LogP contribution in [0.5, 0.6) is 0 Å². The van der Waals surface area contributed by atoms with E-state index in [0.717, 1.165) is 33.1 Å². The van der Waals surface area contributed by atoms with Gasteiger partial charge in [0.2, 0.25) is 0 Å². The number of nitrogens with one attached hydrogen (secondary N) is 1. The van der Waals surface area contributed by atoms with Crippen LogP contribution < -0.4 is 5.32 Å². The first-order chi connectivity index (χ1) is 13.4. The Labute approximate surface area is 173 Å². The molecule has 1 aliphatic carbocycles. The van der Waals surface area contributed by atoms with Crippen LogP contribution in [0.25, 0.3) is 16.3 Å². The van der Waals surface area contributed by atoms with Crippen molar-refractivity contribution in [1.29, 1.82) is 0 Å². The van der Waals surface area contributed by atoms with Crippen LogP contribution in [0.15, 0.2) is 70.7 Å². The van der Waals surface area contributed by atoms with E-state index in [4.69, 9.17) is 0 Å². The Bertz CT molecular complexity index is 1140. The maximum absolute atomic E-state index is 13.4. The SMILES string of the molecule is CC1(C)CC(=O)C2=C(C1)[C@H](c1ccc(Br)cc1)Nc1ccc3ccccc3c12. The molecule has 0 saturated carbocycles. The molecule has 140 valence electrons. The van der Waals surface area contributed by atoms with Crippen LogP contribution in [0.2, 0.25) is 0 Å². The summed E-state index contributed by atoms with van der Waals surface area (Å²) in [6.45, 7) is 4.40. The predicted octanol–water partition coefficient (Wildman–Crippen LogP) is 6.91. The standard InChI is InChI=1S/C25H22BrNO/c1-25(2)13-19-23(21(28)14-25)22-18-6-4-3-5-15(18)9-12-20(22)27-24(19)16-7-10-17(26)11-8-16/h3-12,24,27H,13-14H2,1-2H3/t24-/m0/s1. The van der Waals surface area contributed by atoms with E-state index in [1.165, 1.54) is 16.5 Å². The Hall–Kier alpha value is -2.39. The van der Waals surface area contributed by atoms with Crippen molar-refractivity contribution in [2.45, 2.75) is 32.7 Å². The minimum Gasteiger partial charge on any atom is -0.374 e. The zero-order chi connectivity index (χ0) is 19.5. The third-order valence-electron chi connectivity index (χ3n) is 5.94. The second kappa shape index (κ2) is 6.31. The van der Waals surface area contributed by atoms with Crippen molar-refractivity contribution in [3.05, 3.63) is 81.8 Å². The van der Waals surface area contributed by atoms with E-state index in [1.54, 1.807) is 0 Å². The van der Waals surface area contributed by atoms with Gasteiger partial charge in [0.15, 0.2) is 5.78 Å². The van der Waals surface area contributed by atoms with Crippen LogP contribution in [-0.4, -0.2) is 5.78 Å². The van der Waals surface area contributed by atoms with Gasteiger partial charge in [-0.05, 0) is 51.9 Å². The first-order valence-corrected chi connectivity index (χ1v) is 10.5. The number of hydrogen-bond donors (Lipinski definition) is 1. The summed E-state index contributed by atoms with van der Waals surface area (Å²) in [5.74, 6) is 0.271. The molecule has 0 spiro atoms. The predicted molar refractivity (Wildman–Crippen MR) is 119 cm³/mol. The van der Waals surface area contributed by atoms with Crippen LogP contribution in [0.3, 0.4) is 0 Å². The minimum atomic E-state index is -0.0205. The molecule has 3 aromatic rings. The Kier molecular flexibility index (Phi) is 3.99. The quantitative estimate of drug-likeness (QED) is 0.453. The van der Waals surface area contributed by atoms with Crippen molar-refractivity contribution < 1.29 is 4.79 Å². The summed E-state index contributed by atoms with van der Waals surface area (Å²) >= 11 is 3.53. The fourth-order valence-corrected chi connectivity index (χ4v) is 5.02. The Morgan fingerprint density at radius 1 is 0.964 bits per heavy atom. The lowest BCUT2D eigenvalue weighted by Gasteiger charge is -2.40. The third kappa shape index (κ3) is 2.80. The van der Waals surface area contributed by atoms with Crippen molar-refractivity contribution in [2.75, 3.05) is 5.32 Å². The largest absolute Gasteiger partial charge is 0.374 e. The number of hydrogen-bond acceptors (Lipinski definition) is 2. The van der Waals surface area contributed by atoms with E-state index in [9.17, 15) is 4.79 Å². The zero-order valence-electron chi connectivity index (χ0n) is 16.1. The summed E-state index contributed by atoms with van der Waals surface area (Å²) < 4.78 is 1.06. The van der Waals surface area contributed by atoms with E-state index in [0.29, 0.717) is 6.42 Å². The van der Waals surface area contributed by atoms with Crippen LogP contribution in [0, 0.1) is 5.41 Å². The van der Waals surface area contributed by atoms with Crippen molar-refractivity contribution in [3.63, 3.8) is 0 Å². The average molecular weight is 432 g/mol. The van der Waals surface area contributed by atoms with E-state index >= 15 is 0 Å². The van der Waals surface area contributed by atoms with Gasteiger partial charge in [-0.2, -0.15) is 0 Å². The molecular weight excluding hydrogens is 410 g/mol. The number of carbonyl (C=O) groups is 1. The third-order valence-corrected chi connectivity index (χ3v) is 6.47. The smallest absolute Gasteiger partial charge is 0.164 e. The summed E-state index contributed by atoms with van der Waals surface area (Å²) in [6.07, 6.45) is 1.52. The van der Waals surface area contributed by atoms with Gasteiger partial charge in [-0.15, -0.1) is 0 Å². The maximum Gasteiger partial charge on any atom is 0.164 e. The second-order valence-corrected chi connectivity index (χ2v) is 9.60. The van der Waals surface area contributed by atoms with E-state index in [-0.39, 0.29) is 17.2 Å². The number of fused-ring (bicyclic) bond motifs is 4. The minimum absolute atomic E-state index is 0.0205. The molecule has 1 atom stereocenters. The highest BCUT2D eigenvalue weighted by Gasteiger charge is 2.40. The van der Waals surface area contributed by atoms with Crippen molar-refractivity contribution >= 4 is 43.7 Å². The molecule has 3 heteroatoms. The molecule has 1 heterocycles. The molecule has 2 nitrogen and oxygen atoms in total. The number of benzene rings is 3. The number of anilines is 1. The first-order valence-electron chi connectivity index (χ1n) is 9.73. The lowest BCUT2D eigenvalue weighted by Crippen LogP contribution is -2.32. The molecule has 0 radical (unpaired) electrons. The number of allylic oxidation sites excluding steroid dienone is 1. The van der Waals surface area contributed by atoms with Gasteiger partial charge in [-0.1, -0.05) is 72.2 Å². The molecule has 0 saturated heterocycles. The number of rotatable bonds is 1. The van der Waals surface area contributed by atoms with Gasteiger partial charge in [-0.3, -0.25) is 4.79 Å². The zero-order valence-corrected chi connectivity index (χ0v) is 17.6. The van der Waals surface area contributed by atoms with Crippen molar-refractivity contribution in [1.82, 2.24) is 0 Å². The molecular formula is C25H22BrNO. The topological polar surface area (TPSA) is 29.1 Å². The number of ketones is 1. The average Bonchev–Trinajstić information content (AvgIpc) is 2.66. The molecule has 28 heavy (non-hydrogen) atoms. The molecule has 0 unspecified atom stereocenters. The van der Waals surface area contributed by atoms with Crippen LogP contribution >= 0.6 is 15.9 Å². The number of Topliss-reactive ketones (excluding diaryl/α,β-unsaturated/α-hetero) is 1. The van der Waals surface area contributed by atoms with Gasteiger partial charge >= 0.3 is 0 Å². The van der Waals surface area contributed by atoms with E-state index in [2.05, 4.69) is 95.8 Å². The van der Waals surface area contributed by atoms with Gasteiger partial charge in [0.1, 0.15) is 0 Å². The Morgan fingerprint density at radius 3 is 2.50 bits per heavy atom. The molecule has 2 aliphatic rings. The fraction of sp³-hybridized carbons (Fsp3) is 0.240. The lowest BCUT2D eigenvalue weighted by molar-refractivity contribution is -0.116. The van der Waals surface area contributed by atoms with Gasteiger partial charge in [0.05, 0.1) is 6.04 Å². The van der Waals surface area contributed by atoms with Crippen LogP contribution in [0.1, 0.15) is 43.9 Å². The highest BCUT2D eigenvalue weighted by atomic mass is 79.9. The molecule has 1 N–H and O–H groups in total. The highest BCUT2D eigenvalue weighted by molar-refractivity contribution is 9.10. The lowest BCUT2D eigenvalue weighted by atomic mass is 9.68. The normalized spacial score (nSPS) is 20.5.